The third-order valence-corrected chi connectivity index (χ3v) is 5.26. The third-order valence-electron chi connectivity index (χ3n) is 4.02. The molecule has 0 saturated carbocycles. The number of hydrogen-bond donors (Lipinski definition) is 2. The molecule has 2 aromatic rings. The predicted octanol–water partition coefficient (Wildman–Crippen LogP) is 3.24. The van der Waals surface area contributed by atoms with Crippen molar-refractivity contribution in [1.82, 2.24) is 10.6 Å². The molecule has 2 aliphatic heterocycles. The van der Waals surface area contributed by atoms with Crippen molar-refractivity contribution in [3.8, 4) is 0 Å². The normalized spacial score (nSPS) is 15.2. The van der Waals surface area contributed by atoms with E-state index in [0.29, 0.717) is 25.9 Å². The Morgan fingerprint density at radius 1 is 0.792 bits per heavy atom. The maximum Gasteiger partial charge on any atom is 0.224 e. The summed E-state index contributed by atoms with van der Waals surface area (Å²) in [5, 5.41) is 5.61. The molecule has 0 bridgehead atoms. The second-order valence-electron chi connectivity index (χ2n) is 5.70. The minimum Gasteiger partial charge on any atom is -0.352 e. The summed E-state index contributed by atoms with van der Waals surface area (Å²) in [5.74, 6) is 0.223. The number of fused-ring (bicyclic) bond motifs is 2. The summed E-state index contributed by atoms with van der Waals surface area (Å²) in [6.45, 7) is 1.32. The summed E-state index contributed by atoms with van der Waals surface area (Å²) in [6.07, 6.45) is 1.02. The van der Waals surface area contributed by atoms with Gasteiger partial charge in [-0.05, 0) is 40.5 Å². The van der Waals surface area contributed by atoms with E-state index in [4.69, 9.17) is 0 Å². The van der Waals surface area contributed by atoms with Crippen molar-refractivity contribution in [3.05, 3.63) is 67.6 Å². The first-order valence-corrected chi connectivity index (χ1v) is 9.18. The molecule has 0 aliphatic carbocycles. The van der Waals surface area contributed by atoms with E-state index in [2.05, 4.69) is 42.5 Å². The van der Waals surface area contributed by atoms with Crippen LogP contribution in [0.3, 0.4) is 0 Å². The Hall–Kier alpha value is -1.66. The van der Waals surface area contributed by atoms with Gasteiger partial charge in [-0.1, -0.05) is 50.1 Å². The van der Waals surface area contributed by atoms with Gasteiger partial charge < -0.3 is 10.6 Å². The highest BCUT2D eigenvalue weighted by Gasteiger charge is 2.16. The van der Waals surface area contributed by atoms with E-state index in [1.165, 1.54) is 11.1 Å². The highest BCUT2D eigenvalue weighted by Crippen LogP contribution is 2.23. The van der Waals surface area contributed by atoms with Crippen molar-refractivity contribution < 1.29 is 9.59 Å². The molecule has 0 radical (unpaired) electrons. The van der Waals surface area contributed by atoms with E-state index >= 15 is 0 Å². The zero-order valence-electron chi connectivity index (χ0n) is 12.9. The number of halogens is 2. The molecular weight excluding hydrogens is 436 g/mol. The van der Waals surface area contributed by atoms with Gasteiger partial charge in [-0.3, -0.25) is 9.59 Å². The quantitative estimate of drug-likeness (QED) is 0.645. The van der Waals surface area contributed by atoms with Crippen LogP contribution in [0.5, 0.6) is 0 Å². The van der Waals surface area contributed by atoms with Gasteiger partial charge in [0.05, 0.1) is 12.8 Å². The minimum atomic E-state index is 0.112. The smallest absolute Gasteiger partial charge is 0.224 e. The van der Waals surface area contributed by atoms with Crippen molar-refractivity contribution in [2.45, 2.75) is 25.9 Å². The molecule has 0 fully saturated rings. The van der Waals surface area contributed by atoms with E-state index in [-0.39, 0.29) is 11.8 Å². The Bertz CT molecular complexity index is 798. The van der Waals surface area contributed by atoms with Crippen LogP contribution in [0.1, 0.15) is 22.3 Å². The molecule has 0 spiro atoms. The van der Waals surface area contributed by atoms with Gasteiger partial charge in [0.1, 0.15) is 0 Å². The largest absolute Gasteiger partial charge is 0.352 e. The summed E-state index contributed by atoms with van der Waals surface area (Å²) >= 11 is 6.83. The molecule has 0 atom stereocenters. The third kappa shape index (κ3) is 4.05. The number of nitrogens with one attached hydrogen (secondary N) is 2. The molecule has 0 aromatic heterocycles. The van der Waals surface area contributed by atoms with Gasteiger partial charge in [0, 0.05) is 22.0 Å². The zero-order chi connectivity index (χ0) is 17.1. The lowest BCUT2D eigenvalue weighted by Crippen LogP contribution is -2.30. The molecule has 6 heteroatoms. The Labute approximate surface area is 157 Å². The second-order valence-corrected chi connectivity index (χ2v) is 7.47. The maximum absolute atomic E-state index is 11.0. The summed E-state index contributed by atoms with van der Waals surface area (Å²) in [4.78, 5) is 22.0. The van der Waals surface area contributed by atoms with Crippen LogP contribution >= 0.6 is 31.9 Å². The molecule has 0 unspecified atom stereocenters. The average molecular weight is 452 g/mol. The molecule has 2 aromatic carbocycles. The van der Waals surface area contributed by atoms with Crippen LogP contribution in [-0.2, 0) is 35.5 Å². The van der Waals surface area contributed by atoms with E-state index in [9.17, 15) is 9.59 Å². The van der Waals surface area contributed by atoms with Crippen LogP contribution < -0.4 is 10.6 Å². The van der Waals surface area contributed by atoms with Gasteiger partial charge in [-0.25, -0.2) is 0 Å². The minimum absolute atomic E-state index is 0.112. The molecular formula is C18H16Br2N2O2. The Balaban J connectivity index is 0.000000141. The number of benzene rings is 2. The molecule has 2 aliphatic rings. The van der Waals surface area contributed by atoms with Crippen LogP contribution in [-0.4, -0.2) is 11.8 Å². The summed E-state index contributed by atoms with van der Waals surface area (Å²) in [6, 6.07) is 12.0. The maximum atomic E-state index is 11.0. The topological polar surface area (TPSA) is 58.2 Å². The van der Waals surface area contributed by atoms with Crippen LogP contribution in [0.4, 0.5) is 0 Å². The average Bonchev–Trinajstić information content (AvgIpc) is 2.55. The van der Waals surface area contributed by atoms with Crippen molar-refractivity contribution in [2.24, 2.45) is 0 Å². The van der Waals surface area contributed by atoms with Crippen LogP contribution in [0.2, 0.25) is 0 Å². The highest BCUT2D eigenvalue weighted by atomic mass is 79.9. The number of carbonyl (C=O) groups excluding carboxylic acids is 2. The summed E-state index contributed by atoms with van der Waals surface area (Å²) in [7, 11) is 0. The first-order chi connectivity index (χ1) is 11.5. The molecule has 4 nitrogen and oxygen atoms in total. The van der Waals surface area contributed by atoms with E-state index < -0.39 is 0 Å². The van der Waals surface area contributed by atoms with Gasteiger partial charge in [0.2, 0.25) is 11.8 Å². The second kappa shape index (κ2) is 7.49. The number of amides is 2. The summed E-state index contributed by atoms with van der Waals surface area (Å²) in [5.41, 5.74) is 4.69. The van der Waals surface area contributed by atoms with Crippen molar-refractivity contribution in [3.63, 3.8) is 0 Å². The van der Waals surface area contributed by atoms with Crippen molar-refractivity contribution in [2.75, 3.05) is 0 Å². The molecule has 4 rings (SSSR count). The molecule has 0 saturated heterocycles. The van der Waals surface area contributed by atoms with Crippen molar-refractivity contribution in [1.29, 1.82) is 0 Å². The first-order valence-electron chi connectivity index (χ1n) is 7.60. The molecule has 2 heterocycles. The Morgan fingerprint density at radius 3 is 2.29 bits per heavy atom. The Kier molecular flexibility index (Phi) is 5.36. The molecule has 2 amide bonds. The van der Waals surface area contributed by atoms with Crippen molar-refractivity contribution >= 4 is 43.7 Å². The predicted molar refractivity (Wildman–Crippen MR) is 99.4 cm³/mol. The fourth-order valence-corrected chi connectivity index (χ4v) is 3.71. The lowest BCUT2D eigenvalue weighted by Gasteiger charge is -2.17. The number of hydrogen-bond acceptors (Lipinski definition) is 2. The van der Waals surface area contributed by atoms with Crippen LogP contribution in [0.25, 0.3) is 0 Å². The van der Waals surface area contributed by atoms with Gasteiger partial charge in [0.15, 0.2) is 0 Å². The van der Waals surface area contributed by atoms with Gasteiger partial charge in [0.25, 0.3) is 0 Å². The fourth-order valence-electron chi connectivity index (χ4n) is 2.75. The zero-order valence-corrected chi connectivity index (χ0v) is 16.0. The van der Waals surface area contributed by atoms with E-state index in [1.54, 1.807) is 0 Å². The van der Waals surface area contributed by atoms with E-state index in [1.807, 2.05) is 36.4 Å². The lowest BCUT2D eigenvalue weighted by molar-refractivity contribution is -0.121. The van der Waals surface area contributed by atoms with Crippen LogP contribution in [0, 0.1) is 0 Å². The standard InChI is InChI=1S/2C9H8BrNO/c10-8-2-1-6-5-11-9(12)4-7(6)3-8;10-8-3-1-2-6-4-9(12)11-5-7(6)8/h2*1-3H,4-5H2,(H,11,12). The summed E-state index contributed by atoms with van der Waals surface area (Å²) < 4.78 is 2.12. The first kappa shape index (κ1) is 17.2. The molecule has 124 valence electrons. The monoisotopic (exact) mass is 450 g/mol. The highest BCUT2D eigenvalue weighted by molar-refractivity contribution is 9.10. The lowest BCUT2D eigenvalue weighted by atomic mass is 10.0. The fraction of sp³-hybridized carbons (Fsp3) is 0.222. The number of carbonyl (C=O) groups is 2. The van der Waals surface area contributed by atoms with Gasteiger partial charge in [-0.2, -0.15) is 0 Å². The number of rotatable bonds is 0. The Morgan fingerprint density at radius 2 is 1.50 bits per heavy atom. The molecule has 24 heavy (non-hydrogen) atoms. The van der Waals surface area contributed by atoms with Gasteiger partial charge >= 0.3 is 0 Å². The van der Waals surface area contributed by atoms with Gasteiger partial charge in [-0.15, -0.1) is 0 Å². The van der Waals surface area contributed by atoms with Crippen LogP contribution in [0.15, 0.2) is 45.3 Å². The van der Waals surface area contributed by atoms with E-state index in [0.717, 1.165) is 20.1 Å². The SMILES string of the molecule is O=C1Cc2cc(Br)ccc2CN1.O=C1Cc2cccc(Br)c2CN1. The molecule has 2 N–H and O–H groups in total.